The van der Waals surface area contributed by atoms with E-state index in [1.165, 1.54) is 0 Å². The number of carbonyl (C=O) groups is 1. The first-order chi connectivity index (χ1) is 10.5. The number of nitrogens with zero attached hydrogens (tertiary/aromatic N) is 2. The molecule has 3 rings (SSSR count). The van der Waals surface area contributed by atoms with Gasteiger partial charge in [0, 0.05) is 18.7 Å². The Labute approximate surface area is 129 Å². The van der Waals surface area contributed by atoms with Crippen molar-refractivity contribution in [2.75, 3.05) is 13.1 Å². The lowest BCUT2D eigenvalue weighted by Crippen LogP contribution is -2.46. The molecule has 7 heteroatoms. The van der Waals surface area contributed by atoms with Crippen LogP contribution in [0.4, 0.5) is 0 Å². The van der Waals surface area contributed by atoms with Gasteiger partial charge in [0.1, 0.15) is 10.9 Å². The summed E-state index contributed by atoms with van der Waals surface area (Å²) >= 11 is 0. The van der Waals surface area contributed by atoms with Crippen molar-refractivity contribution in [1.82, 2.24) is 10.2 Å². The van der Waals surface area contributed by atoms with Crippen LogP contribution < -0.4 is 5.32 Å². The summed E-state index contributed by atoms with van der Waals surface area (Å²) in [5, 5.41) is 2.77. The largest absolute Gasteiger partial charge is 0.351 e. The predicted molar refractivity (Wildman–Crippen MR) is 83.1 cm³/mol. The van der Waals surface area contributed by atoms with E-state index < -0.39 is 10.0 Å². The fraction of sp³-hybridized carbons (Fsp3) is 0.333. The molecule has 0 saturated carbocycles. The molecule has 2 aliphatic rings. The van der Waals surface area contributed by atoms with Gasteiger partial charge in [0.05, 0.1) is 0 Å². The van der Waals surface area contributed by atoms with E-state index in [9.17, 15) is 13.2 Å². The van der Waals surface area contributed by atoms with Gasteiger partial charge >= 0.3 is 0 Å². The fourth-order valence-corrected chi connectivity index (χ4v) is 4.10. The van der Waals surface area contributed by atoms with Crippen molar-refractivity contribution in [2.45, 2.75) is 23.8 Å². The van der Waals surface area contributed by atoms with Gasteiger partial charge in [-0.2, -0.15) is 8.42 Å². The fourth-order valence-electron chi connectivity index (χ4n) is 2.88. The zero-order valence-electron chi connectivity index (χ0n) is 12.0. The molecule has 0 unspecified atom stereocenters. The van der Waals surface area contributed by atoms with Crippen LogP contribution >= 0.6 is 0 Å². The van der Waals surface area contributed by atoms with Gasteiger partial charge < -0.3 is 10.2 Å². The van der Waals surface area contributed by atoms with Crippen molar-refractivity contribution >= 4 is 21.8 Å². The molecule has 1 N–H and O–H groups in total. The molecular formula is C15H17N3O3S. The van der Waals surface area contributed by atoms with E-state index in [4.69, 9.17) is 0 Å². The van der Waals surface area contributed by atoms with Crippen LogP contribution in [0.25, 0.3) is 0 Å². The van der Waals surface area contributed by atoms with Crippen LogP contribution in [-0.2, 0) is 14.8 Å². The molecule has 0 spiro atoms. The topological polar surface area (TPSA) is 78.8 Å². The van der Waals surface area contributed by atoms with Crippen LogP contribution in [0.15, 0.2) is 46.2 Å². The molecule has 1 aromatic rings. The average molecular weight is 319 g/mol. The van der Waals surface area contributed by atoms with Gasteiger partial charge in [-0.15, -0.1) is 11.0 Å². The highest BCUT2D eigenvalue weighted by Gasteiger charge is 2.38. The molecule has 1 saturated heterocycles. The van der Waals surface area contributed by atoms with Crippen LogP contribution in [0.5, 0.6) is 0 Å². The number of carbonyl (C=O) groups excluding carboxylic acids is 1. The van der Waals surface area contributed by atoms with E-state index in [0.29, 0.717) is 30.9 Å². The molecule has 0 bridgehead atoms. The molecule has 0 aliphatic carbocycles. The van der Waals surface area contributed by atoms with Gasteiger partial charge in [0.2, 0.25) is 5.91 Å². The Morgan fingerprint density at radius 2 is 2.23 bits per heavy atom. The molecule has 6 nitrogen and oxygen atoms in total. The summed E-state index contributed by atoms with van der Waals surface area (Å²) in [6.07, 6.45) is 3.13. The van der Waals surface area contributed by atoms with Crippen LogP contribution in [0.3, 0.4) is 0 Å². The Kier molecular flexibility index (Phi) is 3.74. The highest BCUT2D eigenvalue weighted by Crippen LogP contribution is 2.31. The number of benzene rings is 1. The van der Waals surface area contributed by atoms with Crippen molar-refractivity contribution in [3.05, 3.63) is 42.5 Å². The third-order valence-electron chi connectivity index (χ3n) is 3.86. The molecule has 1 aromatic carbocycles. The zero-order valence-corrected chi connectivity index (χ0v) is 12.8. The predicted octanol–water partition coefficient (Wildman–Crippen LogP) is 0.902. The second kappa shape index (κ2) is 5.57. The van der Waals surface area contributed by atoms with Crippen LogP contribution in [0.1, 0.15) is 18.4 Å². The Bertz CT molecular complexity index is 755. The molecule has 116 valence electrons. The van der Waals surface area contributed by atoms with Gasteiger partial charge in [0.15, 0.2) is 5.84 Å². The first kappa shape index (κ1) is 14.8. The number of hydrogen-bond acceptors (Lipinski definition) is 4. The summed E-state index contributed by atoms with van der Waals surface area (Å²) in [6.45, 7) is 4.59. The van der Waals surface area contributed by atoms with Crippen molar-refractivity contribution < 1.29 is 13.2 Å². The smallest absolute Gasteiger partial charge is 0.285 e. The maximum Gasteiger partial charge on any atom is 0.285 e. The second-order valence-electron chi connectivity index (χ2n) is 5.27. The molecule has 2 aliphatic heterocycles. The molecule has 1 fully saturated rings. The monoisotopic (exact) mass is 319 g/mol. The number of rotatable bonds is 3. The van der Waals surface area contributed by atoms with Crippen LogP contribution in [0.2, 0.25) is 0 Å². The summed E-state index contributed by atoms with van der Waals surface area (Å²) in [6, 6.07) is 6.34. The van der Waals surface area contributed by atoms with Gasteiger partial charge in [-0.05, 0) is 25.0 Å². The van der Waals surface area contributed by atoms with Gasteiger partial charge in [-0.1, -0.05) is 18.2 Å². The molecule has 22 heavy (non-hydrogen) atoms. The number of hydrogen-bond donors (Lipinski definition) is 1. The Morgan fingerprint density at radius 3 is 3.00 bits per heavy atom. The molecule has 1 amide bonds. The number of fused-ring (bicyclic) bond motifs is 1. The zero-order chi connectivity index (χ0) is 15.7. The van der Waals surface area contributed by atoms with Crippen molar-refractivity contribution in [2.24, 2.45) is 4.40 Å². The van der Waals surface area contributed by atoms with E-state index in [-0.39, 0.29) is 16.8 Å². The lowest BCUT2D eigenvalue weighted by molar-refractivity contribution is -0.124. The van der Waals surface area contributed by atoms with Crippen LogP contribution in [0, 0.1) is 0 Å². The van der Waals surface area contributed by atoms with Crippen LogP contribution in [-0.4, -0.2) is 44.2 Å². The van der Waals surface area contributed by atoms with Gasteiger partial charge in [-0.25, -0.2) is 0 Å². The van der Waals surface area contributed by atoms with Crippen molar-refractivity contribution in [3.8, 4) is 0 Å². The van der Waals surface area contributed by atoms with E-state index in [0.717, 1.165) is 6.42 Å². The Hall–Kier alpha value is -2.15. The van der Waals surface area contributed by atoms with Crippen molar-refractivity contribution in [3.63, 3.8) is 0 Å². The minimum absolute atomic E-state index is 0.123. The normalized spacial score (nSPS) is 22.1. The molecule has 0 aromatic heterocycles. The number of nitrogens with one attached hydrogen (secondary N) is 1. The summed E-state index contributed by atoms with van der Waals surface area (Å²) in [7, 11) is -3.66. The lowest BCUT2D eigenvalue weighted by atomic mass is 10.1. The molecular weight excluding hydrogens is 302 g/mol. The number of likely N-dealkylation sites (tertiary alicyclic amines) is 1. The lowest BCUT2D eigenvalue weighted by Gasteiger charge is -2.25. The minimum Gasteiger partial charge on any atom is -0.351 e. The second-order valence-corrected chi connectivity index (χ2v) is 6.84. The summed E-state index contributed by atoms with van der Waals surface area (Å²) < 4.78 is 28.2. The highest BCUT2D eigenvalue weighted by atomic mass is 32.2. The summed E-state index contributed by atoms with van der Waals surface area (Å²) in [5.74, 6) is 0.258. The highest BCUT2D eigenvalue weighted by molar-refractivity contribution is 7.90. The third-order valence-corrected chi connectivity index (χ3v) is 5.19. The quantitative estimate of drug-likeness (QED) is 0.840. The Balaban J connectivity index is 1.94. The summed E-state index contributed by atoms with van der Waals surface area (Å²) in [4.78, 5) is 14.2. The first-order valence-electron chi connectivity index (χ1n) is 7.14. The Morgan fingerprint density at radius 1 is 1.45 bits per heavy atom. The number of amides is 1. The number of amidine groups is 1. The summed E-state index contributed by atoms with van der Waals surface area (Å²) in [5.41, 5.74) is 0.575. The van der Waals surface area contributed by atoms with Gasteiger partial charge in [-0.3, -0.25) is 4.79 Å². The SMILES string of the molecule is C=CCNC(=O)[C@@H]1CCCN1C1=NS(=O)(=O)c2ccccc21. The third kappa shape index (κ3) is 2.41. The molecule has 1 atom stereocenters. The minimum atomic E-state index is -3.66. The van der Waals surface area contributed by atoms with E-state index in [2.05, 4.69) is 16.3 Å². The maximum absolute atomic E-state index is 12.2. The van der Waals surface area contributed by atoms with E-state index in [1.807, 2.05) is 0 Å². The average Bonchev–Trinajstić information content (AvgIpc) is 3.08. The van der Waals surface area contributed by atoms with E-state index >= 15 is 0 Å². The maximum atomic E-state index is 12.2. The molecule has 0 radical (unpaired) electrons. The van der Waals surface area contributed by atoms with Crippen molar-refractivity contribution in [1.29, 1.82) is 0 Å². The van der Waals surface area contributed by atoms with Gasteiger partial charge in [0.25, 0.3) is 10.0 Å². The molecule has 2 heterocycles. The van der Waals surface area contributed by atoms with E-state index in [1.54, 1.807) is 35.2 Å². The number of sulfonamides is 1. The standard InChI is InChI=1S/C15H17N3O3S/c1-2-9-16-15(19)12-7-5-10-18(12)14-11-6-3-4-8-13(11)22(20,21)17-14/h2-4,6,8,12H,1,5,7,9-10H2,(H,16,19)/t12-/m0/s1. The first-order valence-corrected chi connectivity index (χ1v) is 8.58.